The van der Waals surface area contributed by atoms with E-state index in [1.165, 1.54) is 43.0 Å². The Morgan fingerprint density at radius 1 is 0.283 bits per heavy atom. The molecule has 0 aliphatic heterocycles. The van der Waals surface area contributed by atoms with Crippen molar-refractivity contribution >= 4 is 46.4 Å². The van der Waals surface area contributed by atoms with Crippen LogP contribution in [0.25, 0.3) is 0 Å². The maximum absolute atomic E-state index is 2.47. The summed E-state index contributed by atoms with van der Waals surface area (Å²) >= 11 is 0. The fourth-order valence-corrected chi connectivity index (χ4v) is 20.2. The zero-order chi connectivity index (χ0) is 31.2. The molecule has 0 saturated carbocycles. The summed E-state index contributed by atoms with van der Waals surface area (Å²) in [7, 11) is -4.94. The molecule has 0 atom stereocenters. The minimum Gasteiger partial charge on any atom is -0.0620 e. The zero-order valence-electron chi connectivity index (χ0n) is 26.1. The van der Waals surface area contributed by atoms with Crippen LogP contribution in [0.3, 0.4) is 0 Å². The van der Waals surface area contributed by atoms with Crippen molar-refractivity contribution in [1.29, 1.82) is 0 Å². The van der Waals surface area contributed by atoms with Gasteiger partial charge < -0.3 is 0 Å². The highest BCUT2D eigenvalue weighted by molar-refractivity contribution is 8.10. The summed E-state index contributed by atoms with van der Waals surface area (Å²) in [6.07, 6.45) is 0. The second-order valence-electron chi connectivity index (χ2n) is 11.7. The van der Waals surface area contributed by atoms with Gasteiger partial charge in [-0.15, -0.1) is 0 Å². The highest BCUT2D eigenvalue weighted by atomic mass is 31.2. The molecule has 0 nitrogen and oxygen atoms in total. The molecule has 46 heavy (non-hydrogen) atoms. The van der Waals surface area contributed by atoms with Crippen molar-refractivity contribution in [2.45, 2.75) is 12.3 Å². The Labute approximate surface area is 275 Å². The lowest BCUT2D eigenvalue weighted by Crippen LogP contribution is -2.43. The van der Waals surface area contributed by atoms with Gasteiger partial charge in [0.05, 0.1) is 0 Å². The average Bonchev–Trinajstić information content (AvgIpc) is 3.15. The fraction of sp³-hybridized carbons (Fsp3) is 0.0455. The molecule has 0 saturated heterocycles. The first-order valence-electron chi connectivity index (χ1n) is 15.9. The average molecular weight is 629 g/mol. The van der Waals surface area contributed by atoms with Crippen LogP contribution in [0.1, 0.15) is 16.5 Å². The van der Waals surface area contributed by atoms with Crippen LogP contribution in [0.5, 0.6) is 0 Å². The van der Waals surface area contributed by atoms with Gasteiger partial charge in [0.15, 0.2) is 14.5 Å². The summed E-state index contributed by atoms with van der Waals surface area (Å²) in [5.74, 6) is 0. The number of aryl methyl sites for hydroxylation is 1. The van der Waals surface area contributed by atoms with E-state index in [2.05, 4.69) is 213 Å². The molecule has 0 heterocycles. The number of hydrogen-bond acceptors (Lipinski definition) is 0. The molecule has 7 aromatic rings. The molecule has 0 amide bonds. The molecular formula is C44H38P2+2. The van der Waals surface area contributed by atoms with Crippen molar-refractivity contribution in [3.05, 3.63) is 217 Å². The third-order valence-corrected chi connectivity index (χ3v) is 19.9. The summed E-state index contributed by atoms with van der Waals surface area (Å²) in [5.41, 5.74) is 2.65. The van der Waals surface area contributed by atoms with Crippen LogP contribution in [-0.2, 0) is 0 Å². The molecule has 2 heteroatoms. The van der Waals surface area contributed by atoms with Crippen LogP contribution in [0.4, 0.5) is 0 Å². The van der Waals surface area contributed by atoms with Gasteiger partial charge in [-0.3, -0.25) is 0 Å². The van der Waals surface area contributed by atoms with Crippen molar-refractivity contribution in [1.82, 2.24) is 0 Å². The quantitative estimate of drug-likeness (QED) is 0.140. The Bertz CT molecular complexity index is 1640. The predicted molar refractivity (Wildman–Crippen MR) is 204 cm³/mol. The molecule has 0 N–H and O–H groups in total. The normalized spacial score (nSPS) is 11.8. The van der Waals surface area contributed by atoms with E-state index in [0.717, 1.165) is 0 Å². The van der Waals surface area contributed by atoms with E-state index in [-0.39, 0.29) is 5.40 Å². The predicted octanol–water partition coefficient (Wildman–Crippen LogP) is 8.98. The topological polar surface area (TPSA) is 0 Å². The van der Waals surface area contributed by atoms with E-state index in [0.29, 0.717) is 0 Å². The molecular weight excluding hydrogens is 590 g/mol. The molecule has 0 aliphatic rings. The van der Waals surface area contributed by atoms with E-state index in [4.69, 9.17) is 0 Å². The molecule has 0 fully saturated rings. The van der Waals surface area contributed by atoms with E-state index in [1.807, 2.05) is 0 Å². The lowest BCUT2D eigenvalue weighted by atomic mass is 10.2. The van der Waals surface area contributed by atoms with Crippen LogP contribution in [-0.4, -0.2) is 0 Å². The maximum Gasteiger partial charge on any atom is 0.221 e. The van der Waals surface area contributed by atoms with Crippen LogP contribution in [0.15, 0.2) is 206 Å². The minimum atomic E-state index is -2.47. The highest BCUT2D eigenvalue weighted by Gasteiger charge is 2.69. The second-order valence-corrected chi connectivity index (χ2v) is 19.2. The SMILES string of the molecule is Cc1ccc(C([P+](c2ccccc2)(c2ccccc2)c2ccccc2)[P+](c2ccccc2)(c2ccccc2)c2ccccc2)cc1. The molecule has 7 aromatic carbocycles. The van der Waals surface area contributed by atoms with Crippen molar-refractivity contribution in [3.63, 3.8) is 0 Å². The van der Waals surface area contributed by atoms with Crippen molar-refractivity contribution in [3.8, 4) is 0 Å². The van der Waals surface area contributed by atoms with Crippen molar-refractivity contribution in [2.75, 3.05) is 0 Å². The van der Waals surface area contributed by atoms with Crippen molar-refractivity contribution in [2.24, 2.45) is 0 Å². The summed E-state index contributed by atoms with van der Waals surface area (Å²) in [6.45, 7) is 2.20. The third-order valence-electron chi connectivity index (χ3n) is 9.09. The summed E-state index contributed by atoms with van der Waals surface area (Å²) in [4.78, 5) is 0. The summed E-state index contributed by atoms with van der Waals surface area (Å²) in [5, 5.41) is 8.46. The Morgan fingerprint density at radius 3 is 0.717 bits per heavy atom. The third kappa shape index (κ3) is 5.23. The molecule has 222 valence electrons. The maximum atomic E-state index is 2.42. The van der Waals surface area contributed by atoms with Crippen LogP contribution in [0, 0.1) is 6.92 Å². The second kappa shape index (κ2) is 13.4. The summed E-state index contributed by atoms with van der Waals surface area (Å²) < 4.78 is 0. The smallest absolute Gasteiger partial charge is 0.0620 e. The number of rotatable bonds is 9. The molecule has 0 radical (unpaired) electrons. The van der Waals surface area contributed by atoms with Gasteiger partial charge in [-0.25, -0.2) is 0 Å². The first-order chi connectivity index (χ1) is 22.8. The van der Waals surface area contributed by atoms with Gasteiger partial charge in [0, 0.05) is 5.56 Å². The van der Waals surface area contributed by atoms with Crippen LogP contribution < -0.4 is 31.8 Å². The van der Waals surface area contributed by atoms with Crippen LogP contribution in [0.2, 0.25) is 0 Å². The highest BCUT2D eigenvalue weighted by Crippen LogP contribution is 2.84. The van der Waals surface area contributed by atoms with Gasteiger partial charge in [-0.1, -0.05) is 139 Å². The Morgan fingerprint density at radius 2 is 0.500 bits per heavy atom. The largest absolute Gasteiger partial charge is 0.221 e. The van der Waals surface area contributed by atoms with Crippen LogP contribution >= 0.6 is 14.5 Å². The van der Waals surface area contributed by atoms with Gasteiger partial charge in [0.2, 0.25) is 5.40 Å². The Balaban J connectivity index is 1.77. The molecule has 0 aromatic heterocycles. The monoisotopic (exact) mass is 628 g/mol. The zero-order valence-corrected chi connectivity index (χ0v) is 27.9. The minimum absolute atomic E-state index is 0.0972. The van der Waals surface area contributed by atoms with Gasteiger partial charge >= 0.3 is 0 Å². The lowest BCUT2D eigenvalue weighted by molar-refractivity contribution is 1.30. The molecule has 0 bridgehead atoms. The van der Waals surface area contributed by atoms with Gasteiger partial charge in [-0.2, -0.15) is 0 Å². The standard InChI is InChI=1S/C44H38P2/c1-36-32-34-37(35-33-36)44(45(38-20-8-2-9-21-38,39-22-10-3-11-23-39)40-24-12-4-13-25-40)46(41-26-14-5-15-27-41,42-28-16-6-17-29-42)43-30-18-7-19-31-43/h2-35,44H,1H3/q+2. The van der Waals surface area contributed by atoms with E-state index in [9.17, 15) is 0 Å². The van der Waals surface area contributed by atoms with E-state index < -0.39 is 14.5 Å². The van der Waals surface area contributed by atoms with E-state index >= 15 is 0 Å². The number of benzene rings is 7. The lowest BCUT2D eigenvalue weighted by Gasteiger charge is -2.41. The Kier molecular flexibility index (Phi) is 8.76. The molecule has 7 rings (SSSR count). The van der Waals surface area contributed by atoms with Gasteiger partial charge in [0.1, 0.15) is 31.8 Å². The number of hydrogen-bond donors (Lipinski definition) is 0. The molecule has 0 aliphatic carbocycles. The summed E-state index contributed by atoms with van der Waals surface area (Å²) in [6, 6.07) is 77.9. The Hall–Kier alpha value is -4.60. The first kappa shape index (κ1) is 30.1. The van der Waals surface area contributed by atoms with Crippen molar-refractivity contribution < 1.29 is 0 Å². The van der Waals surface area contributed by atoms with Gasteiger partial charge in [-0.05, 0) is 79.7 Å². The molecule has 0 spiro atoms. The van der Waals surface area contributed by atoms with E-state index in [1.54, 1.807) is 0 Å². The fourth-order valence-electron chi connectivity index (χ4n) is 7.17. The van der Waals surface area contributed by atoms with Gasteiger partial charge in [0.25, 0.3) is 0 Å². The first-order valence-corrected chi connectivity index (χ1v) is 19.6. The molecule has 0 unspecified atom stereocenters.